The molecule has 0 aromatic carbocycles. The summed E-state index contributed by atoms with van der Waals surface area (Å²) < 4.78 is 10.5. The molecule has 0 fully saturated rings. The molecule has 0 aliphatic heterocycles. The molecule has 0 atom stereocenters. The summed E-state index contributed by atoms with van der Waals surface area (Å²) in [6.45, 7) is 10.6. The highest BCUT2D eigenvalue weighted by molar-refractivity contribution is 5.15. The van der Waals surface area contributed by atoms with Gasteiger partial charge < -0.3 is 8.94 Å². The van der Waals surface area contributed by atoms with Crippen LogP contribution in [0.15, 0.2) is 27.5 Å². The molecule has 0 aliphatic rings. The molecular weight excluding hydrogens is 228 g/mol. The molecule has 0 radical (unpaired) electrons. The predicted molar refractivity (Wildman–Crippen MR) is 68.4 cm³/mol. The van der Waals surface area contributed by atoms with Gasteiger partial charge in [0.25, 0.3) is 0 Å². The van der Waals surface area contributed by atoms with Crippen LogP contribution in [0.2, 0.25) is 0 Å². The minimum atomic E-state index is -0.146. The van der Waals surface area contributed by atoms with E-state index < -0.39 is 0 Å². The van der Waals surface area contributed by atoms with Crippen LogP contribution in [0.1, 0.15) is 51.9 Å². The van der Waals surface area contributed by atoms with Gasteiger partial charge in [0.1, 0.15) is 12.5 Å². The fourth-order valence-electron chi connectivity index (χ4n) is 1.77. The zero-order chi connectivity index (χ0) is 13.4. The molecule has 4 nitrogen and oxygen atoms in total. The van der Waals surface area contributed by atoms with E-state index in [0.29, 0.717) is 6.42 Å². The third-order valence-corrected chi connectivity index (χ3v) is 3.04. The molecule has 0 bridgehead atoms. The van der Waals surface area contributed by atoms with Crippen LogP contribution < -0.4 is 0 Å². The molecule has 4 heteroatoms. The minimum Gasteiger partial charge on any atom is -0.449 e. The van der Waals surface area contributed by atoms with Gasteiger partial charge in [-0.2, -0.15) is 0 Å². The molecule has 18 heavy (non-hydrogen) atoms. The number of aromatic nitrogens is 2. The normalized spacial score (nSPS) is 12.9. The summed E-state index contributed by atoms with van der Waals surface area (Å²) in [7, 11) is 0. The summed E-state index contributed by atoms with van der Waals surface area (Å²) in [4.78, 5) is 4.55. The monoisotopic (exact) mass is 248 g/mol. The van der Waals surface area contributed by atoms with E-state index in [9.17, 15) is 0 Å². The van der Waals surface area contributed by atoms with Crippen LogP contribution in [-0.4, -0.2) is 10.1 Å². The fourth-order valence-corrected chi connectivity index (χ4v) is 1.77. The van der Waals surface area contributed by atoms with Gasteiger partial charge in [-0.15, -0.1) is 0 Å². The Hall–Kier alpha value is -1.58. The van der Waals surface area contributed by atoms with Crippen molar-refractivity contribution in [2.75, 3.05) is 0 Å². The van der Waals surface area contributed by atoms with Gasteiger partial charge in [0.2, 0.25) is 0 Å². The van der Waals surface area contributed by atoms with Crippen molar-refractivity contribution in [3.63, 3.8) is 0 Å². The maximum Gasteiger partial charge on any atom is 0.195 e. The zero-order valence-corrected chi connectivity index (χ0v) is 11.7. The average molecular weight is 248 g/mol. The van der Waals surface area contributed by atoms with E-state index in [1.54, 1.807) is 12.5 Å². The first-order chi connectivity index (χ1) is 8.29. The molecule has 2 aromatic rings. The van der Waals surface area contributed by atoms with Crippen molar-refractivity contribution in [1.29, 1.82) is 0 Å². The second kappa shape index (κ2) is 4.26. The van der Waals surface area contributed by atoms with Crippen molar-refractivity contribution in [2.45, 2.75) is 51.9 Å². The summed E-state index contributed by atoms with van der Waals surface area (Å²) in [5, 5.41) is 4.00. The highest BCUT2D eigenvalue weighted by atomic mass is 16.5. The first-order valence-electron chi connectivity index (χ1n) is 6.15. The van der Waals surface area contributed by atoms with Gasteiger partial charge >= 0.3 is 0 Å². The Kier molecular flexibility index (Phi) is 3.05. The quantitative estimate of drug-likeness (QED) is 0.834. The third kappa shape index (κ3) is 2.63. The maximum atomic E-state index is 5.56. The van der Waals surface area contributed by atoms with Gasteiger partial charge in [-0.3, -0.25) is 0 Å². The van der Waals surface area contributed by atoms with E-state index in [1.165, 1.54) is 0 Å². The van der Waals surface area contributed by atoms with Gasteiger partial charge in [0.05, 0.1) is 11.4 Å². The van der Waals surface area contributed by atoms with Crippen LogP contribution in [0.25, 0.3) is 0 Å². The zero-order valence-electron chi connectivity index (χ0n) is 11.7. The highest BCUT2D eigenvalue weighted by Gasteiger charge is 2.27. The lowest BCUT2D eigenvalue weighted by atomic mass is 9.85. The topological polar surface area (TPSA) is 52.1 Å². The Balaban J connectivity index is 2.17. The van der Waals surface area contributed by atoms with Crippen molar-refractivity contribution in [3.8, 4) is 0 Å². The van der Waals surface area contributed by atoms with Gasteiger partial charge in [-0.05, 0) is 0 Å². The number of hydrogen-bond acceptors (Lipinski definition) is 4. The van der Waals surface area contributed by atoms with Crippen molar-refractivity contribution in [2.24, 2.45) is 0 Å². The number of nitrogens with zero attached hydrogens (tertiary/aromatic N) is 2. The number of oxazole rings is 1. The Morgan fingerprint density at radius 1 is 1.11 bits per heavy atom. The molecular formula is C14H20N2O2. The number of rotatable bonds is 3. The summed E-state index contributed by atoms with van der Waals surface area (Å²) in [5.74, 6) is 0.743. The van der Waals surface area contributed by atoms with Crippen LogP contribution in [-0.2, 0) is 17.3 Å². The molecule has 0 spiro atoms. The molecule has 2 aromatic heterocycles. The minimum absolute atomic E-state index is 0.0137. The standard InChI is InChI=1S/C14H20N2O2/c1-13(2,3)11-9-17-12(15-11)8-14(4,5)10-6-7-18-16-10/h6-7,9H,8H2,1-5H3. The smallest absolute Gasteiger partial charge is 0.195 e. The Bertz CT molecular complexity index is 504. The van der Waals surface area contributed by atoms with Gasteiger partial charge in [-0.1, -0.05) is 39.8 Å². The highest BCUT2D eigenvalue weighted by Crippen LogP contribution is 2.28. The third-order valence-electron chi connectivity index (χ3n) is 3.04. The van der Waals surface area contributed by atoms with Crippen molar-refractivity contribution in [1.82, 2.24) is 10.1 Å². The molecule has 2 rings (SSSR count). The molecule has 0 unspecified atom stereocenters. The average Bonchev–Trinajstić information content (AvgIpc) is 2.83. The summed E-state index contributed by atoms with van der Waals surface area (Å²) in [5.41, 5.74) is 1.76. The Labute approximate surface area is 107 Å². The van der Waals surface area contributed by atoms with Gasteiger partial charge in [0.15, 0.2) is 5.89 Å². The SMILES string of the molecule is CC(C)(C)c1coc(CC(C)(C)c2ccon2)n1. The largest absolute Gasteiger partial charge is 0.449 e. The first kappa shape index (κ1) is 12.9. The van der Waals surface area contributed by atoms with Gasteiger partial charge in [-0.25, -0.2) is 4.98 Å². The van der Waals surface area contributed by atoms with Gasteiger partial charge in [0, 0.05) is 23.3 Å². The lowest BCUT2D eigenvalue weighted by Gasteiger charge is -2.19. The van der Waals surface area contributed by atoms with E-state index in [1.807, 2.05) is 6.07 Å². The second-order valence-electron chi connectivity index (χ2n) is 6.32. The number of hydrogen-bond donors (Lipinski definition) is 0. The van der Waals surface area contributed by atoms with Crippen LogP contribution in [0.3, 0.4) is 0 Å². The molecule has 0 N–H and O–H groups in total. The maximum absolute atomic E-state index is 5.56. The lowest BCUT2D eigenvalue weighted by molar-refractivity contribution is 0.366. The van der Waals surface area contributed by atoms with E-state index in [0.717, 1.165) is 17.3 Å². The molecule has 2 heterocycles. The van der Waals surface area contributed by atoms with Crippen molar-refractivity contribution in [3.05, 3.63) is 35.9 Å². The van der Waals surface area contributed by atoms with E-state index in [4.69, 9.17) is 8.94 Å². The van der Waals surface area contributed by atoms with Crippen LogP contribution in [0.5, 0.6) is 0 Å². The lowest BCUT2D eigenvalue weighted by Crippen LogP contribution is -2.21. The van der Waals surface area contributed by atoms with Crippen molar-refractivity contribution < 1.29 is 8.94 Å². The molecule has 0 aliphatic carbocycles. The molecule has 98 valence electrons. The van der Waals surface area contributed by atoms with E-state index >= 15 is 0 Å². The molecule has 0 amide bonds. The summed E-state index contributed by atoms with van der Waals surface area (Å²) in [6, 6.07) is 1.88. The predicted octanol–water partition coefficient (Wildman–Crippen LogP) is 3.48. The summed E-state index contributed by atoms with van der Waals surface area (Å²) >= 11 is 0. The van der Waals surface area contributed by atoms with E-state index in [-0.39, 0.29) is 10.8 Å². The summed E-state index contributed by atoms with van der Waals surface area (Å²) in [6.07, 6.45) is 4.04. The van der Waals surface area contributed by atoms with Crippen LogP contribution in [0.4, 0.5) is 0 Å². The second-order valence-corrected chi connectivity index (χ2v) is 6.32. The van der Waals surface area contributed by atoms with E-state index in [2.05, 4.69) is 44.8 Å². The van der Waals surface area contributed by atoms with Crippen molar-refractivity contribution >= 4 is 0 Å². The Morgan fingerprint density at radius 2 is 1.83 bits per heavy atom. The fraction of sp³-hybridized carbons (Fsp3) is 0.571. The van der Waals surface area contributed by atoms with Crippen LogP contribution in [0, 0.1) is 0 Å². The van der Waals surface area contributed by atoms with Crippen LogP contribution >= 0.6 is 0 Å². The molecule has 0 saturated heterocycles. The first-order valence-corrected chi connectivity index (χ1v) is 6.15. The Morgan fingerprint density at radius 3 is 2.33 bits per heavy atom. The molecule has 0 saturated carbocycles.